The summed E-state index contributed by atoms with van der Waals surface area (Å²) in [6.07, 6.45) is 9.96. The van der Waals surface area contributed by atoms with E-state index < -0.39 is 0 Å². The van der Waals surface area contributed by atoms with Crippen LogP contribution in [0.5, 0.6) is 0 Å². The van der Waals surface area contributed by atoms with E-state index in [0.717, 1.165) is 18.5 Å². The first-order valence-corrected chi connectivity index (χ1v) is 5.79. The molecular formula is C12H15N5. The maximum atomic E-state index is 8.66. The molecule has 2 rings (SSSR count). The highest BCUT2D eigenvalue weighted by Crippen LogP contribution is 2.17. The summed E-state index contributed by atoms with van der Waals surface area (Å²) in [5.74, 6) is 0.507. The molecule has 5 heteroatoms. The number of rotatable bonds is 2. The first-order valence-electron chi connectivity index (χ1n) is 5.79. The fraction of sp³-hybridized carbons (Fsp3) is 0.417. The maximum absolute atomic E-state index is 8.66. The summed E-state index contributed by atoms with van der Waals surface area (Å²) < 4.78 is 0. The van der Waals surface area contributed by atoms with Crippen LogP contribution in [0.15, 0.2) is 29.5 Å². The van der Waals surface area contributed by atoms with Crippen LogP contribution < -0.4 is 10.6 Å². The fourth-order valence-electron chi connectivity index (χ4n) is 1.98. The van der Waals surface area contributed by atoms with Gasteiger partial charge in [0.15, 0.2) is 0 Å². The zero-order valence-corrected chi connectivity index (χ0v) is 9.56. The molecule has 1 heterocycles. The first-order chi connectivity index (χ1) is 8.38. The third kappa shape index (κ3) is 3.45. The number of nitrogens with zero attached hydrogens (tertiary/aromatic N) is 3. The molecule has 0 atom stereocenters. The van der Waals surface area contributed by atoms with E-state index in [-0.39, 0.29) is 0 Å². The van der Waals surface area contributed by atoms with Crippen LogP contribution in [0.1, 0.15) is 25.7 Å². The molecule has 5 nitrogen and oxygen atoms in total. The van der Waals surface area contributed by atoms with E-state index in [1.165, 1.54) is 12.8 Å². The maximum Gasteiger partial charge on any atom is 0.212 e. The minimum atomic E-state index is 0.422. The van der Waals surface area contributed by atoms with Crippen molar-refractivity contribution in [3.05, 3.63) is 24.5 Å². The predicted octanol–water partition coefficient (Wildman–Crippen LogP) is 1.86. The molecule has 0 aliphatic heterocycles. The molecule has 0 saturated heterocycles. The van der Waals surface area contributed by atoms with Crippen molar-refractivity contribution in [1.29, 1.82) is 5.26 Å². The van der Waals surface area contributed by atoms with Gasteiger partial charge in [0, 0.05) is 12.2 Å². The van der Waals surface area contributed by atoms with Crippen LogP contribution in [0.3, 0.4) is 0 Å². The molecule has 0 spiro atoms. The number of guanidine groups is 1. The third-order valence-electron chi connectivity index (χ3n) is 2.78. The summed E-state index contributed by atoms with van der Waals surface area (Å²) in [5, 5.41) is 15.0. The van der Waals surface area contributed by atoms with Gasteiger partial charge in [-0.2, -0.15) is 5.26 Å². The van der Waals surface area contributed by atoms with E-state index in [1.54, 1.807) is 18.6 Å². The van der Waals surface area contributed by atoms with Gasteiger partial charge in [0.2, 0.25) is 12.2 Å². The van der Waals surface area contributed by atoms with Crippen LogP contribution in [0, 0.1) is 11.5 Å². The van der Waals surface area contributed by atoms with Crippen LogP contribution in [0.4, 0.5) is 5.69 Å². The predicted molar refractivity (Wildman–Crippen MR) is 66.3 cm³/mol. The zero-order chi connectivity index (χ0) is 11.9. The van der Waals surface area contributed by atoms with Crippen LogP contribution in [-0.4, -0.2) is 17.0 Å². The minimum absolute atomic E-state index is 0.422. The Hall–Kier alpha value is -2.09. The second-order valence-electron chi connectivity index (χ2n) is 4.05. The standard InChI is InChI=1S/C12H15N5/c13-9-15-12(16-10-4-1-2-5-10)17-11-6-3-7-14-8-11/h3,6-8,10H,1-2,4-5H2,(H2,15,16,17). The van der Waals surface area contributed by atoms with E-state index >= 15 is 0 Å². The molecule has 1 aliphatic carbocycles. The summed E-state index contributed by atoms with van der Waals surface area (Å²) in [6, 6.07) is 4.14. The quantitative estimate of drug-likeness (QED) is 0.461. The second kappa shape index (κ2) is 5.85. The normalized spacial score (nSPS) is 16.5. The van der Waals surface area contributed by atoms with Gasteiger partial charge in [-0.05, 0) is 25.0 Å². The van der Waals surface area contributed by atoms with Gasteiger partial charge in [0.1, 0.15) is 0 Å². The van der Waals surface area contributed by atoms with Crippen LogP contribution in [-0.2, 0) is 0 Å². The highest BCUT2D eigenvalue weighted by molar-refractivity contribution is 5.94. The lowest BCUT2D eigenvalue weighted by Crippen LogP contribution is -2.37. The van der Waals surface area contributed by atoms with Crippen molar-refractivity contribution < 1.29 is 0 Å². The topological polar surface area (TPSA) is 73.1 Å². The van der Waals surface area contributed by atoms with Gasteiger partial charge in [-0.1, -0.05) is 12.8 Å². The van der Waals surface area contributed by atoms with E-state index in [9.17, 15) is 0 Å². The van der Waals surface area contributed by atoms with Crippen molar-refractivity contribution in [1.82, 2.24) is 10.3 Å². The summed E-state index contributed by atoms with van der Waals surface area (Å²) in [7, 11) is 0. The SMILES string of the molecule is N#CN=C(Nc1cccnc1)NC1CCCC1. The summed E-state index contributed by atoms with van der Waals surface area (Å²) >= 11 is 0. The van der Waals surface area contributed by atoms with Crippen molar-refractivity contribution in [2.24, 2.45) is 4.99 Å². The molecule has 0 bridgehead atoms. The minimum Gasteiger partial charge on any atom is -0.352 e. The molecule has 1 aromatic rings. The van der Waals surface area contributed by atoms with Gasteiger partial charge in [-0.15, -0.1) is 4.99 Å². The summed E-state index contributed by atoms with van der Waals surface area (Å²) in [5.41, 5.74) is 0.826. The summed E-state index contributed by atoms with van der Waals surface area (Å²) in [6.45, 7) is 0. The van der Waals surface area contributed by atoms with E-state index in [4.69, 9.17) is 5.26 Å². The molecular weight excluding hydrogens is 214 g/mol. The van der Waals surface area contributed by atoms with Gasteiger partial charge in [0.25, 0.3) is 0 Å². The molecule has 1 aliphatic rings. The van der Waals surface area contributed by atoms with Crippen molar-refractivity contribution in [2.75, 3.05) is 5.32 Å². The number of hydrogen-bond donors (Lipinski definition) is 2. The van der Waals surface area contributed by atoms with Crippen molar-refractivity contribution in [3.63, 3.8) is 0 Å². The lowest BCUT2D eigenvalue weighted by Gasteiger charge is -2.15. The Labute approximate surface area is 101 Å². The Morgan fingerprint density at radius 2 is 2.29 bits per heavy atom. The Morgan fingerprint density at radius 1 is 1.47 bits per heavy atom. The van der Waals surface area contributed by atoms with Gasteiger partial charge in [-0.25, -0.2) is 0 Å². The lowest BCUT2D eigenvalue weighted by molar-refractivity contribution is 0.630. The molecule has 0 radical (unpaired) electrons. The van der Waals surface area contributed by atoms with E-state index in [2.05, 4.69) is 20.6 Å². The number of hydrogen-bond acceptors (Lipinski definition) is 3. The number of aromatic nitrogens is 1. The van der Waals surface area contributed by atoms with Gasteiger partial charge in [0.05, 0.1) is 11.9 Å². The number of nitriles is 1. The van der Waals surface area contributed by atoms with Crippen LogP contribution >= 0.6 is 0 Å². The Bertz CT molecular complexity index is 414. The average Bonchev–Trinajstić information content (AvgIpc) is 2.83. The molecule has 0 amide bonds. The van der Waals surface area contributed by atoms with Crippen molar-refractivity contribution >= 4 is 11.6 Å². The Balaban J connectivity index is 1.98. The number of pyridine rings is 1. The van der Waals surface area contributed by atoms with E-state index in [1.807, 2.05) is 12.1 Å². The molecule has 1 fully saturated rings. The van der Waals surface area contributed by atoms with E-state index in [0.29, 0.717) is 12.0 Å². The highest BCUT2D eigenvalue weighted by Gasteiger charge is 2.16. The number of aliphatic imine (C=N–C) groups is 1. The molecule has 2 N–H and O–H groups in total. The van der Waals surface area contributed by atoms with Gasteiger partial charge >= 0.3 is 0 Å². The average molecular weight is 229 g/mol. The molecule has 88 valence electrons. The number of anilines is 1. The lowest BCUT2D eigenvalue weighted by atomic mass is 10.2. The second-order valence-corrected chi connectivity index (χ2v) is 4.05. The third-order valence-corrected chi connectivity index (χ3v) is 2.78. The first kappa shape index (κ1) is 11.4. The van der Waals surface area contributed by atoms with Crippen molar-refractivity contribution in [3.8, 4) is 6.19 Å². The molecule has 0 aromatic carbocycles. The molecule has 17 heavy (non-hydrogen) atoms. The van der Waals surface area contributed by atoms with Crippen LogP contribution in [0.25, 0.3) is 0 Å². The Kier molecular flexibility index (Phi) is 3.92. The van der Waals surface area contributed by atoms with Gasteiger partial charge in [-0.3, -0.25) is 4.98 Å². The molecule has 1 saturated carbocycles. The fourth-order valence-corrected chi connectivity index (χ4v) is 1.98. The summed E-state index contributed by atoms with van der Waals surface area (Å²) in [4.78, 5) is 7.76. The monoisotopic (exact) mass is 229 g/mol. The smallest absolute Gasteiger partial charge is 0.212 e. The molecule has 1 aromatic heterocycles. The van der Waals surface area contributed by atoms with Crippen LogP contribution in [0.2, 0.25) is 0 Å². The van der Waals surface area contributed by atoms with Gasteiger partial charge < -0.3 is 10.6 Å². The largest absolute Gasteiger partial charge is 0.352 e. The highest BCUT2D eigenvalue weighted by atomic mass is 15.2. The Morgan fingerprint density at radius 3 is 2.94 bits per heavy atom. The zero-order valence-electron chi connectivity index (χ0n) is 9.56. The van der Waals surface area contributed by atoms with Crippen molar-refractivity contribution in [2.45, 2.75) is 31.7 Å². The number of nitrogens with one attached hydrogen (secondary N) is 2. The molecule has 0 unspecified atom stereocenters.